The number of hydrogen-bond acceptors (Lipinski definition) is 6. The normalized spacial score (nSPS) is 19.3. The molecule has 1 aliphatic heterocycles. The van der Waals surface area contributed by atoms with Crippen LogP contribution in [0.1, 0.15) is 34.6 Å². The van der Waals surface area contributed by atoms with Crippen molar-refractivity contribution in [1.82, 2.24) is 15.0 Å². The van der Waals surface area contributed by atoms with Crippen molar-refractivity contribution >= 4 is 17.0 Å². The Labute approximate surface area is 173 Å². The molecule has 0 saturated carbocycles. The SMILES string of the molecule is Cc1noc2nc(-c3ccco3)cc(C(=O)N3CC(C)OC(c4ccccc4)C3)c12. The number of pyridine rings is 1. The minimum absolute atomic E-state index is 0.0849. The van der Waals surface area contributed by atoms with Gasteiger partial charge in [0.15, 0.2) is 5.76 Å². The van der Waals surface area contributed by atoms with E-state index in [4.69, 9.17) is 13.7 Å². The number of benzene rings is 1. The average molecular weight is 403 g/mol. The van der Waals surface area contributed by atoms with Crippen LogP contribution in [-0.2, 0) is 4.74 Å². The molecule has 4 heterocycles. The number of fused-ring (bicyclic) bond motifs is 1. The second-order valence-electron chi connectivity index (χ2n) is 7.54. The Morgan fingerprint density at radius 1 is 1.13 bits per heavy atom. The molecule has 152 valence electrons. The largest absolute Gasteiger partial charge is 0.463 e. The molecule has 0 bridgehead atoms. The van der Waals surface area contributed by atoms with Gasteiger partial charge in [-0.1, -0.05) is 35.5 Å². The van der Waals surface area contributed by atoms with Crippen LogP contribution in [0.15, 0.2) is 63.7 Å². The molecule has 2 unspecified atom stereocenters. The third-order valence-corrected chi connectivity index (χ3v) is 5.34. The summed E-state index contributed by atoms with van der Waals surface area (Å²) < 4.78 is 17.0. The van der Waals surface area contributed by atoms with Gasteiger partial charge in [0.2, 0.25) is 0 Å². The second kappa shape index (κ2) is 7.42. The highest BCUT2D eigenvalue weighted by molar-refractivity contribution is 6.07. The summed E-state index contributed by atoms with van der Waals surface area (Å²) in [6.07, 6.45) is 1.31. The number of furan rings is 1. The summed E-state index contributed by atoms with van der Waals surface area (Å²) in [5.74, 6) is 0.468. The van der Waals surface area contributed by atoms with Gasteiger partial charge in [-0.2, -0.15) is 0 Å². The fourth-order valence-corrected chi connectivity index (χ4v) is 3.95. The molecule has 1 fully saturated rings. The number of carbonyl (C=O) groups excluding carboxylic acids is 1. The van der Waals surface area contributed by atoms with Crippen LogP contribution in [0, 0.1) is 6.92 Å². The molecule has 7 heteroatoms. The van der Waals surface area contributed by atoms with Gasteiger partial charge < -0.3 is 18.6 Å². The molecule has 5 rings (SSSR count). The van der Waals surface area contributed by atoms with Crippen LogP contribution in [0.5, 0.6) is 0 Å². The zero-order valence-corrected chi connectivity index (χ0v) is 16.7. The monoisotopic (exact) mass is 403 g/mol. The average Bonchev–Trinajstić information content (AvgIpc) is 3.43. The summed E-state index contributed by atoms with van der Waals surface area (Å²) in [5.41, 5.74) is 3.05. The van der Waals surface area contributed by atoms with Gasteiger partial charge in [0.1, 0.15) is 11.8 Å². The Hall–Kier alpha value is -3.45. The molecular formula is C23H21N3O4. The number of carbonyl (C=O) groups is 1. The van der Waals surface area contributed by atoms with E-state index < -0.39 is 0 Å². The Kier molecular flexibility index (Phi) is 4.59. The number of nitrogens with zero attached hydrogens (tertiary/aromatic N) is 3. The smallest absolute Gasteiger partial charge is 0.259 e. The number of rotatable bonds is 3. The van der Waals surface area contributed by atoms with Crippen LogP contribution < -0.4 is 0 Å². The van der Waals surface area contributed by atoms with E-state index in [2.05, 4.69) is 10.1 Å². The fourth-order valence-electron chi connectivity index (χ4n) is 3.95. The Morgan fingerprint density at radius 2 is 1.97 bits per heavy atom. The molecule has 1 saturated heterocycles. The quantitative estimate of drug-likeness (QED) is 0.504. The lowest BCUT2D eigenvalue weighted by Crippen LogP contribution is -2.46. The molecule has 1 aliphatic rings. The van der Waals surface area contributed by atoms with E-state index in [1.54, 1.807) is 24.5 Å². The van der Waals surface area contributed by atoms with Gasteiger partial charge in [0, 0.05) is 6.54 Å². The number of ether oxygens (including phenoxy) is 1. The first-order valence-corrected chi connectivity index (χ1v) is 9.90. The van der Waals surface area contributed by atoms with Gasteiger partial charge in [0.25, 0.3) is 11.6 Å². The van der Waals surface area contributed by atoms with Crippen molar-refractivity contribution in [2.75, 3.05) is 13.1 Å². The molecule has 1 amide bonds. The van der Waals surface area contributed by atoms with Gasteiger partial charge in [-0.15, -0.1) is 0 Å². The van der Waals surface area contributed by atoms with Gasteiger partial charge in [-0.05, 0) is 37.6 Å². The van der Waals surface area contributed by atoms with Crippen molar-refractivity contribution < 1.29 is 18.5 Å². The maximum absolute atomic E-state index is 13.7. The lowest BCUT2D eigenvalue weighted by molar-refractivity contribution is -0.0691. The molecule has 0 N–H and O–H groups in total. The fraction of sp³-hybridized carbons (Fsp3) is 0.261. The highest BCUT2D eigenvalue weighted by Crippen LogP contribution is 2.31. The number of morpholine rings is 1. The summed E-state index contributed by atoms with van der Waals surface area (Å²) in [7, 11) is 0. The number of amides is 1. The van der Waals surface area contributed by atoms with Crippen molar-refractivity contribution in [3.63, 3.8) is 0 Å². The third kappa shape index (κ3) is 3.27. The lowest BCUT2D eigenvalue weighted by Gasteiger charge is -2.37. The molecular weight excluding hydrogens is 382 g/mol. The van der Waals surface area contributed by atoms with E-state index in [-0.39, 0.29) is 18.1 Å². The highest BCUT2D eigenvalue weighted by atomic mass is 16.5. The van der Waals surface area contributed by atoms with Crippen molar-refractivity contribution in [3.05, 3.63) is 71.6 Å². The van der Waals surface area contributed by atoms with Crippen LogP contribution in [0.4, 0.5) is 0 Å². The zero-order valence-electron chi connectivity index (χ0n) is 16.7. The standard InChI is InChI=1S/C23H21N3O4/c1-14-12-26(13-20(29-14)16-7-4-3-5-8-16)23(27)17-11-18(19-9-6-10-28-19)24-22-21(17)15(2)25-30-22/h3-11,14,20H,12-13H2,1-2H3. The van der Waals surface area contributed by atoms with E-state index in [0.29, 0.717) is 46.9 Å². The van der Waals surface area contributed by atoms with Crippen LogP contribution in [0.3, 0.4) is 0 Å². The predicted octanol–water partition coefficient (Wildman–Crippen LogP) is 4.39. The minimum atomic E-state index is -0.177. The van der Waals surface area contributed by atoms with E-state index in [1.807, 2.05) is 49.1 Å². The van der Waals surface area contributed by atoms with E-state index in [9.17, 15) is 4.79 Å². The second-order valence-corrected chi connectivity index (χ2v) is 7.54. The van der Waals surface area contributed by atoms with Gasteiger partial charge in [-0.3, -0.25) is 4.79 Å². The van der Waals surface area contributed by atoms with Gasteiger partial charge in [-0.25, -0.2) is 4.98 Å². The van der Waals surface area contributed by atoms with E-state index >= 15 is 0 Å². The molecule has 0 spiro atoms. The molecule has 4 aromatic rings. The maximum atomic E-state index is 13.7. The first kappa shape index (κ1) is 18.6. The summed E-state index contributed by atoms with van der Waals surface area (Å²) in [4.78, 5) is 20.0. The molecule has 0 radical (unpaired) electrons. The molecule has 0 aliphatic carbocycles. The Bertz CT molecular complexity index is 1180. The minimum Gasteiger partial charge on any atom is -0.463 e. The first-order valence-electron chi connectivity index (χ1n) is 9.90. The van der Waals surface area contributed by atoms with Crippen LogP contribution in [0.25, 0.3) is 22.6 Å². The number of hydrogen-bond donors (Lipinski definition) is 0. The van der Waals surface area contributed by atoms with Crippen LogP contribution >= 0.6 is 0 Å². The zero-order chi connectivity index (χ0) is 20.7. The van der Waals surface area contributed by atoms with Crippen molar-refractivity contribution in [2.24, 2.45) is 0 Å². The molecule has 30 heavy (non-hydrogen) atoms. The summed E-state index contributed by atoms with van der Waals surface area (Å²) in [6, 6.07) is 15.3. The summed E-state index contributed by atoms with van der Waals surface area (Å²) >= 11 is 0. The summed E-state index contributed by atoms with van der Waals surface area (Å²) in [5, 5.41) is 4.65. The van der Waals surface area contributed by atoms with Crippen LogP contribution in [-0.4, -0.2) is 40.1 Å². The third-order valence-electron chi connectivity index (χ3n) is 5.34. The van der Waals surface area contributed by atoms with Crippen molar-refractivity contribution in [1.29, 1.82) is 0 Å². The predicted molar refractivity (Wildman–Crippen MR) is 110 cm³/mol. The molecule has 7 nitrogen and oxygen atoms in total. The Morgan fingerprint density at radius 3 is 2.73 bits per heavy atom. The van der Waals surface area contributed by atoms with Gasteiger partial charge >= 0.3 is 0 Å². The topological polar surface area (TPSA) is 81.6 Å². The molecule has 3 aromatic heterocycles. The Balaban J connectivity index is 1.54. The lowest BCUT2D eigenvalue weighted by atomic mass is 10.0. The summed E-state index contributed by atoms with van der Waals surface area (Å²) in [6.45, 7) is 4.77. The van der Waals surface area contributed by atoms with Crippen LogP contribution in [0.2, 0.25) is 0 Å². The number of aryl methyl sites for hydroxylation is 1. The van der Waals surface area contributed by atoms with E-state index in [0.717, 1.165) is 5.56 Å². The first-order chi connectivity index (χ1) is 14.6. The molecule has 1 aromatic carbocycles. The van der Waals surface area contributed by atoms with Crippen molar-refractivity contribution in [2.45, 2.75) is 26.1 Å². The highest BCUT2D eigenvalue weighted by Gasteiger charge is 2.32. The van der Waals surface area contributed by atoms with E-state index in [1.165, 1.54) is 0 Å². The molecule has 2 atom stereocenters. The maximum Gasteiger partial charge on any atom is 0.259 e. The van der Waals surface area contributed by atoms with Gasteiger partial charge in [0.05, 0.1) is 35.6 Å². The van der Waals surface area contributed by atoms with Crippen molar-refractivity contribution in [3.8, 4) is 11.5 Å². The number of aromatic nitrogens is 2.